The summed E-state index contributed by atoms with van der Waals surface area (Å²) in [5.74, 6) is 1.59. The Morgan fingerprint density at radius 3 is 1.38 bits per heavy atom. The van der Waals surface area contributed by atoms with Gasteiger partial charge in [-0.1, -0.05) is 60.7 Å². The minimum Gasteiger partial charge on any atom is -0.497 e. The molecule has 2 heteroatoms. The van der Waals surface area contributed by atoms with E-state index in [1.54, 1.807) is 14.2 Å². The van der Waals surface area contributed by atoms with Crippen LogP contribution >= 0.6 is 0 Å². The Labute approximate surface area is 143 Å². The van der Waals surface area contributed by atoms with Crippen LogP contribution in [0.4, 0.5) is 0 Å². The third-order valence-corrected chi connectivity index (χ3v) is 4.63. The van der Waals surface area contributed by atoms with E-state index in [1.807, 2.05) is 18.2 Å². The van der Waals surface area contributed by atoms with Gasteiger partial charge in [0.15, 0.2) is 0 Å². The standard InChI is InChI=1S/C22H22O2/c1-22(17-10-6-4-7-11-17,18-12-8-5-9-13-18)19-14-20(23-2)16-21(15-19)24-3/h4-16H,1-3H3. The van der Waals surface area contributed by atoms with E-state index < -0.39 is 0 Å². The summed E-state index contributed by atoms with van der Waals surface area (Å²) >= 11 is 0. The first-order valence-electron chi connectivity index (χ1n) is 8.03. The van der Waals surface area contributed by atoms with Crippen molar-refractivity contribution in [3.8, 4) is 11.5 Å². The second-order valence-corrected chi connectivity index (χ2v) is 5.96. The fourth-order valence-corrected chi connectivity index (χ4v) is 3.14. The first-order valence-corrected chi connectivity index (χ1v) is 8.03. The molecule has 0 radical (unpaired) electrons. The van der Waals surface area contributed by atoms with Gasteiger partial charge in [0, 0.05) is 11.5 Å². The zero-order valence-corrected chi connectivity index (χ0v) is 14.3. The van der Waals surface area contributed by atoms with Gasteiger partial charge < -0.3 is 9.47 Å². The molecule has 0 aromatic heterocycles. The third-order valence-electron chi connectivity index (χ3n) is 4.63. The fourth-order valence-electron chi connectivity index (χ4n) is 3.14. The summed E-state index contributed by atoms with van der Waals surface area (Å²) in [6, 6.07) is 27.1. The lowest BCUT2D eigenvalue weighted by Crippen LogP contribution is -2.25. The van der Waals surface area contributed by atoms with Crippen LogP contribution in [0.2, 0.25) is 0 Å². The largest absolute Gasteiger partial charge is 0.497 e. The topological polar surface area (TPSA) is 18.5 Å². The lowest BCUT2D eigenvalue weighted by atomic mass is 9.71. The van der Waals surface area contributed by atoms with Gasteiger partial charge in [0.2, 0.25) is 0 Å². The predicted octanol–water partition coefficient (Wildman–Crippen LogP) is 5.06. The Bertz CT molecular complexity index is 733. The van der Waals surface area contributed by atoms with E-state index in [4.69, 9.17) is 9.47 Å². The minimum atomic E-state index is -0.301. The molecule has 0 aliphatic carbocycles. The Morgan fingerprint density at radius 2 is 1.00 bits per heavy atom. The van der Waals surface area contributed by atoms with Crippen LogP contribution in [-0.2, 0) is 5.41 Å². The molecule has 3 aromatic rings. The maximum Gasteiger partial charge on any atom is 0.122 e. The summed E-state index contributed by atoms with van der Waals surface area (Å²) in [4.78, 5) is 0. The van der Waals surface area contributed by atoms with Gasteiger partial charge in [0.05, 0.1) is 14.2 Å². The van der Waals surface area contributed by atoms with E-state index >= 15 is 0 Å². The van der Waals surface area contributed by atoms with Crippen LogP contribution in [0.25, 0.3) is 0 Å². The van der Waals surface area contributed by atoms with Gasteiger partial charge >= 0.3 is 0 Å². The molecule has 0 aliphatic rings. The van der Waals surface area contributed by atoms with E-state index in [9.17, 15) is 0 Å². The highest BCUT2D eigenvalue weighted by Gasteiger charge is 2.31. The summed E-state index contributed by atoms with van der Waals surface area (Å²) in [5.41, 5.74) is 3.29. The summed E-state index contributed by atoms with van der Waals surface area (Å²) in [6.07, 6.45) is 0. The first-order chi connectivity index (χ1) is 11.7. The summed E-state index contributed by atoms with van der Waals surface area (Å²) in [6.45, 7) is 2.24. The Morgan fingerprint density at radius 1 is 0.583 bits per heavy atom. The third kappa shape index (κ3) is 2.88. The van der Waals surface area contributed by atoms with Crippen molar-refractivity contribution in [3.63, 3.8) is 0 Å². The van der Waals surface area contributed by atoms with Crippen molar-refractivity contribution in [2.75, 3.05) is 14.2 Å². The van der Waals surface area contributed by atoms with Crippen molar-refractivity contribution < 1.29 is 9.47 Å². The van der Waals surface area contributed by atoms with Gasteiger partial charge in [0.25, 0.3) is 0 Å². The quantitative estimate of drug-likeness (QED) is 0.612. The van der Waals surface area contributed by atoms with Crippen molar-refractivity contribution in [1.82, 2.24) is 0 Å². The number of methoxy groups -OCH3 is 2. The Hall–Kier alpha value is -2.74. The van der Waals surface area contributed by atoms with Gasteiger partial charge in [-0.25, -0.2) is 0 Å². The number of hydrogen-bond donors (Lipinski definition) is 0. The molecule has 0 amide bonds. The van der Waals surface area contributed by atoms with E-state index in [-0.39, 0.29) is 5.41 Å². The molecule has 0 N–H and O–H groups in total. The summed E-state index contributed by atoms with van der Waals surface area (Å²) in [7, 11) is 3.36. The maximum absolute atomic E-state index is 5.48. The van der Waals surface area contributed by atoms with Crippen molar-refractivity contribution in [2.24, 2.45) is 0 Å². The monoisotopic (exact) mass is 318 g/mol. The first kappa shape index (κ1) is 16.1. The van der Waals surface area contributed by atoms with Gasteiger partial charge in [-0.05, 0) is 35.7 Å². The minimum absolute atomic E-state index is 0.301. The molecular weight excluding hydrogens is 296 g/mol. The molecule has 3 aromatic carbocycles. The molecule has 24 heavy (non-hydrogen) atoms. The molecule has 0 fully saturated rings. The van der Waals surface area contributed by atoms with Crippen molar-refractivity contribution in [1.29, 1.82) is 0 Å². The summed E-state index contributed by atoms with van der Waals surface area (Å²) in [5, 5.41) is 0. The van der Waals surface area contributed by atoms with E-state index in [0.29, 0.717) is 0 Å². The van der Waals surface area contributed by atoms with Gasteiger partial charge in [0.1, 0.15) is 11.5 Å². The van der Waals surface area contributed by atoms with E-state index in [0.717, 1.165) is 17.1 Å². The lowest BCUT2D eigenvalue weighted by Gasteiger charge is -2.32. The molecule has 3 rings (SSSR count). The molecule has 0 saturated carbocycles. The van der Waals surface area contributed by atoms with Crippen LogP contribution in [0.5, 0.6) is 11.5 Å². The predicted molar refractivity (Wildman–Crippen MR) is 98.0 cm³/mol. The molecule has 0 saturated heterocycles. The van der Waals surface area contributed by atoms with Crippen LogP contribution in [0.3, 0.4) is 0 Å². The van der Waals surface area contributed by atoms with Gasteiger partial charge in [-0.2, -0.15) is 0 Å². The van der Waals surface area contributed by atoms with Crippen LogP contribution in [0.15, 0.2) is 78.9 Å². The Kier molecular flexibility index (Phi) is 4.57. The number of rotatable bonds is 5. The highest BCUT2D eigenvalue weighted by Crippen LogP contribution is 2.41. The molecule has 0 aliphatic heterocycles. The smallest absolute Gasteiger partial charge is 0.122 e. The fraction of sp³-hybridized carbons (Fsp3) is 0.182. The van der Waals surface area contributed by atoms with Crippen molar-refractivity contribution in [3.05, 3.63) is 95.6 Å². The second-order valence-electron chi connectivity index (χ2n) is 5.96. The van der Waals surface area contributed by atoms with Crippen LogP contribution in [-0.4, -0.2) is 14.2 Å². The van der Waals surface area contributed by atoms with E-state index in [2.05, 4.69) is 67.6 Å². The molecular formula is C22H22O2. The highest BCUT2D eigenvalue weighted by molar-refractivity contribution is 5.53. The van der Waals surface area contributed by atoms with Gasteiger partial charge in [-0.3, -0.25) is 0 Å². The molecule has 0 unspecified atom stereocenters. The number of ether oxygens (including phenoxy) is 2. The average molecular weight is 318 g/mol. The van der Waals surface area contributed by atoms with Gasteiger partial charge in [-0.15, -0.1) is 0 Å². The highest BCUT2D eigenvalue weighted by atomic mass is 16.5. The van der Waals surface area contributed by atoms with Crippen molar-refractivity contribution >= 4 is 0 Å². The van der Waals surface area contributed by atoms with Crippen LogP contribution in [0, 0.1) is 0 Å². The normalized spacial score (nSPS) is 11.1. The molecule has 0 bridgehead atoms. The van der Waals surface area contributed by atoms with Crippen molar-refractivity contribution in [2.45, 2.75) is 12.3 Å². The molecule has 122 valence electrons. The Balaban J connectivity index is 2.27. The second kappa shape index (κ2) is 6.79. The molecule has 0 heterocycles. The SMILES string of the molecule is COc1cc(OC)cc(C(C)(c2ccccc2)c2ccccc2)c1. The molecule has 2 nitrogen and oxygen atoms in total. The zero-order valence-electron chi connectivity index (χ0n) is 14.3. The number of benzene rings is 3. The van der Waals surface area contributed by atoms with E-state index in [1.165, 1.54) is 11.1 Å². The maximum atomic E-state index is 5.48. The average Bonchev–Trinajstić information content (AvgIpc) is 2.68. The number of hydrogen-bond acceptors (Lipinski definition) is 2. The molecule has 0 spiro atoms. The molecule has 0 atom stereocenters. The summed E-state index contributed by atoms with van der Waals surface area (Å²) < 4.78 is 11.0. The van der Waals surface area contributed by atoms with Crippen LogP contribution in [0.1, 0.15) is 23.6 Å². The van der Waals surface area contributed by atoms with Crippen LogP contribution < -0.4 is 9.47 Å². The lowest BCUT2D eigenvalue weighted by molar-refractivity contribution is 0.392. The zero-order chi connectivity index (χ0) is 17.0.